The minimum atomic E-state index is -3.60. The molecule has 3 aliphatic rings. The van der Waals surface area contributed by atoms with E-state index in [0.29, 0.717) is 18.7 Å². The van der Waals surface area contributed by atoms with Crippen LogP contribution in [0.4, 0.5) is 5.69 Å². The highest BCUT2D eigenvalue weighted by molar-refractivity contribution is 7.89. The monoisotopic (exact) mass is 453 g/mol. The molecule has 0 saturated carbocycles. The summed E-state index contributed by atoms with van der Waals surface area (Å²) in [6.45, 7) is 2.89. The predicted octanol–water partition coefficient (Wildman–Crippen LogP) is 3.88. The number of nitrogens with zero attached hydrogens (tertiary/aromatic N) is 2. The van der Waals surface area contributed by atoms with Crippen LogP contribution in [0.5, 0.6) is 0 Å². The Morgan fingerprint density at radius 3 is 2.41 bits per heavy atom. The maximum absolute atomic E-state index is 13.5. The second-order valence-corrected chi connectivity index (χ2v) is 11.0. The lowest BCUT2D eigenvalue weighted by molar-refractivity contribution is 0.0937. The van der Waals surface area contributed by atoms with Crippen molar-refractivity contribution in [3.63, 3.8) is 0 Å². The molecular weight excluding hydrogens is 422 g/mol. The minimum absolute atomic E-state index is 0.0347. The van der Waals surface area contributed by atoms with Gasteiger partial charge in [0.05, 0.1) is 16.5 Å². The first-order valence-corrected chi connectivity index (χ1v) is 13.3. The van der Waals surface area contributed by atoms with Gasteiger partial charge in [0.15, 0.2) is 0 Å². The zero-order chi connectivity index (χ0) is 22.1. The molecule has 1 N–H and O–H groups in total. The summed E-state index contributed by atoms with van der Waals surface area (Å²) in [5.74, 6) is -0.190. The molecule has 32 heavy (non-hydrogen) atoms. The Hall–Kier alpha value is -2.38. The molecule has 2 aliphatic heterocycles. The summed E-state index contributed by atoms with van der Waals surface area (Å²) < 4.78 is 28.1. The van der Waals surface area contributed by atoms with Crippen LogP contribution in [0.1, 0.15) is 66.1 Å². The third-order valence-corrected chi connectivity index (χ3v) is 8.95. The molecule has 1 unspecified atom stereocenters. The van der Waals surface area contributed by atoms with Crippen molar-refractivity contribution in [3.05, 3.63) is 59.2 Å². The number of aryl methyl sites for hydroxylation is 1. The largest absolute Gasteiger partial charge is 0.371 e. The Morgan fingerprint density at radius 1 is 0.906 bits per heavy atom. The molecule has 1 amide bonds. The number of carbonyl (C=O) groups is 1. The normalized spacial score (nSPS) is 21.5. The summed E-state index contributed by atoms with van der Waals surface area (Å²) in [6, 6.07) is 13.3. The van der Waals surface area contributed by atoms with Crippen molar-refractivity contribution in [2.24, 2.45) is 0 Å². The molecule has 6 nitrogen and oxygen atoms in total. The molecule has 2 heterocycles. The number of sulfonamides is 1. The van der Waals surface area contributed by atoms with E-state index in [0.717, 1.165) is 63.7 Å². The standard InChI is InChI=1S/C25H31N3O3S/c29-25(26-23-12-10-19-8-2-3-9-21(19)23)22-18-20(11-13-24(22)27-14-6-7-15-27)32(30,31)28-16-4-1-5-17-28/h2-3,8-9,11,13,18,23H,1,4-7,10,12,14-17H2,(H,26,29). The first kappa shape index (κ1) is 21.5. The summed E-state index contributed by atoms with van der Waals surface area (Å²) in [6.07, 6.45) is 6.84. The van der Waals surface area contributed by atoms with Crippen molar-refractivity contribution in [1.82, 2.24) is 9.62 Å². The van der Waals surface area contributed by atoms with Crippen LogP contribution < -0.4 is 10.2 Å². The highest BCUT2D eigenvalue weighted by atomic mass is 32.2. The minimum Gasteiger partial charge on any atom is -0.371 e. The van der Waals surface area contributed by atoms with Crippen molar-refractivity contribution < 1.29 is 13.2 Å². The highest BCUT2D eigenvalue weighted by Crippen LogP contribution is 2.33. The number of rotatable bonds is 5. The number of benzene rings is 2. The van der Waals surface area contributed by atoms with E-state index in [2.05, 4.69) is 22.3 Å². The number of amides is 1. The van der Waals surface area contributed by atoms with Crippen LogP contribution in [0.25, 0.3) is 0 Å². The van der Waals surface area contributed by atoms with E-state index in [-0.39, 0.29) is 16.8 Å². The van der Waals surface area contributed by atoms with Crippen LogP contribution in [0.2, 0.25) is 0 Å². The Kier molecular flexibility index (Phi) is 5.95. The maximum atomic E-state index is 13.5. The lowest BCUT2D eigenvalue weighted by Crippen LogP contribution is -2.36. The molecule has 7 heteroatoms. The predicted molar refractivity (Wildman–Crippen MR) is 125 cm³/mol. The zero-order valence-corrected chi connectivity index (χ0v) is 19.2. The van der Waals surface area contributed by atoms with Gasteiger partial charge in [-0.1, -0.05) is 30.7 Å². The number of hydrogen-bond acceptors (Lipinski definition) is 4. The zero-order valence-electron chi connectivity index (χ0n) is 18.4. The topological polar surface area (TPSA) is 69.7 Å². The fourth-order valence-corrected chi connectivity index (χ4v) is 6.83. The molecule has 2 aromatic carbocycles. The molecule has 5 rings (SSSR count). The lowest BCUT2D eigenvalue weighted by atomic mass is 10.1. The van der Waals surface area contributed by atoms with Crippen LogP contribution >= 0.6 is 0 Å². The van der Waals surface area contributed by atoms with Gasteiger partial charge >= 0.3 is 0 Å². The molecule has 0 bridgehead atoms. The van der Waals surface area contributed by atoms with Gasteiger partial charge in [0.25, 0.3) is 5.91 Å². The maximum Gasteiger partial charge on any atom is 0.253 e. The van der Waals surface area contributed by atoms with E-state index in [4.69, 9.17) is 0 Å². The molecular formula is C25H31N3O3S. The molecule has 1 aliphatic carbocycles. The summed E-state index contributed by atoms with van der Waals surface area (Å²) in [7, 11) is -3.60. The average Bonchev–Trinajstić information content (AvgIpc) is 3.50. The van der Waals surface area contributed by atoms with Gasteiger partial charge in [0.2, 0.25) is 10.0 Å². The van der Waals surface area contributed by atoms with E-state index in [9.17, 15) is 13.2 Å². The molecule has 2 saturated heterocycles. The molecule has 1 atom stereocenters. The van der Waals surface area contributed by atoms with Crippen LogP contribution in [0.3, 0.4) is 0 Å². The summed E-state index contributed by atoms with van der Waals surface area (Å²) >= 11 is 0. The van der Waals surface area contributed by atoms with Gasteiger partial charge in [-0.15, -0.1) is 0 Å². The third kappa shape index (κ3) is 4.04. The van der Waals surface area contributed by atoms with Gasteiger partial charge < -0.3 is 10.2 Å². The van der Waals surface area contributed by atoms with Crippen LogP contribution in [0.15, 0.2) is 47.4 Å². The van der Waals surface area contributed by atoms with E-state index in [1.807, 2.05) is 18.2 Å². The molecule has 2 fully saturated rings. The molecule has 170 valence electrons. The second kappa shape index (κ2) is 8.87. The molecule has 0 radical (unpaired) electrons. The van der Waals surface area contributed by atoms with Gasteiger partial charge in [0.1, 0.15) is 0 Å². The Morgan fingerprint density at radius 2 is 1.62 bits per heavy atom. The third-order valence-electron chi connectivity index (χ3n) is 7.05. The van der Waals surface area contributed by atoms with E-state index in [1.165, 1.54) is 11.1 Å². The van der Waals surface area contributed by atoms with Crippen molar-refractivity contribution in [2.75, 3.05) is 31.1 Å². The smallest absolute Gasteiger partial charge is 0.253 e. The quantitative estimate of drug-likeness (QED) is 0.746. The number of fused-ring (bicyclic) bond motifs is 1. The average molecular weight is 454 g/mol. The highest BCUT2D eigenvalue weighted by Gasteiger charge is 2.30. The number of anilines is 1. The number of nitrogens with one attached hydrogen (secondary N) is 1. The van der Waals surface area contributed by atoms with Gasteiger partial charge in [-0.2, -0.15) is 4.31 Å². The molecule has 2 aromatic rings. The second-order valence-electron chi connectivity index (χ2n) is 9.10. The summed E-state index contributed by atoms with van der Waals surface area (Å²) in [4.78, 5) is 15.9. The fourth-order valence-electron chi connectivity index (χ4n) is 5.29. The van der Waals surface area contributed by atoms with Crippen LogP contribution in [-0.2, 0) is 16.4 Å². The van der Waals surface area contributed by atoms with Crippen molar-refractivity contribution in [1.29, 1.82) is 0 Å². The van der Waals surface area contributed by atoms with E-state index >= 15 is 0 Å². The van der Waals surface area contributed by atoms with Gasteiger partial charge in [-0.3, -0.25) is 4.79 Å². The number of carbonyl (C=O) groups excluding carboxylic acids is 1. The van der Waals surface area contributed by atoms with Crippen molar-refractivity contribution in [2.45, 2.75) is 55.9 Å². The van der Waals surface area contributed by atoms with Crippen molar-refractivity contribution >= 4 is 21.6 Å². The Labute approximate surface area is 190 Å². The van der Waals surface area contributed by atoms with Crippen LogP contribution in [-0.4, -0.2) is 44.8 Å². The SMILES string of the molecule is O=C(NC1CCc2ccccc21)c1cc(S(=O)(=O)N2CCCCC2)ccc1N1CCCC1. The first-order valence-electron chi connectivity index (χ1n) is 11.8. The van der Waals surface area contributed by atoms with Gasteiger partial charge in [-0.25, -0.2) is 8.42 Å². The molecule has 0 spiro atoms. The van der Waals surface area contributed by atoms with Gasteiger partial charge in [0, 0.05) is 31.9 Å². The van der Waals surface area contributed by atoms with E-state index in [1.54, 1.807) is 16.4 Å². The molecule has 0 aromatic heterocycles. The summed E-state index contributed by atoms with van der Waals surface area (Å²) in [5, 5.41) is 3.20. The Bertz CT molecular complexity index is 1100. The number of hydrogen-bond donors (Lipinski definition) is 1. The van der Waals surface area contributed by atoms with E-state index < -0.39 is 10.0 Å². The summed E-state index contributed by atoms with van der Waals surface area (Å²) in [5.41, 5.74) is 3.75. The number of piperidine rings is 1. The van der Waals surface area contributed by atoms with Gasteiger partial charge in [-0.05, 0) is 67.9 Å². The lowest BCUT2D eigenvalue weighted by Gasteiger charge is -2.27. The first-order chi connectivity index (χ1) is 15.5. The fraction of sp³-hybridized carbons (Fsp3) is 0.480. The van der Waals surface area contributed by atoms with Crippen LogP contribution in [0, 0.1) is 0 Å². The van der Waals surface area contributed by atoms with Crippen molar-refractivity contribution in [3.8, 4) is 0 Å². The Balaban J connectivity index is 1.47.